The number of thiophene rings is 1. The van der Waals surface area contributed by atoms with E-state index in [1.165, 1.54) is 23.5 Å². The fourth-order valence-corrected chi connectivity index (χ4v) is 4.56. The average molecular weight is 493 g/mol. The summed E-state index contributed by atoms with van der Waals surface area (Å²) in [4.78, 5) is 15.9. The van der Waals surface area contributed by atoms with E-state index in [4.69, 9.17) is 4.42 Å². The Morgan fingerprint density at radius 3 is 2.80 bits per heavy atom. The summed E-state index contributed by atoms with van der Waals surface area (Å²) < 4.78 is 21.4. The third-order valence-corrected chi connectivity index (χ3v) is 6.47. The van der Waals surface area contributed by atoms with Crippen molar-refractivity contribution in [2.75, 3.05) is 18.4 Å². The zero-order chi connectivity index (χ0) is 24.9. The molecule has 0 unspecified atom stereocenters. The van der Waals surface area contributed by atoms with Crippen LogP contribution in [0.5, 0.6) is 0 Å². The number of nitriles is 1. The van der Waals surface area contributed by atoms with E-state index >= 15 is 0 Å². The van der Waals surface area contributed by atoms with Crippen molar-refractivity contribution in [3.8, 4) is 22.5 Å². The molecule has 0 saturated heterocycles. The lowest BCUT2D eigenvalue weighted by molar-refractivity contribution is -0.117. The van der Waals surface area contributed by atoms with Crippen molar-refractivity contribution in [2.24, 2.45) is 0 Å². The van der Waals surface area contributed by atoms with Crippen molar-refractivity contribution in [3.63, 3.8) is 0 Å². The summed E-state index contributed by atoms with van der Waals surface area (Å²) in [5.41, 5.74) is 2.35. The minimum absolute atomic E-state index is 0.0574. The fourth-order valence-electron chi connectivity index (χ4n) is 3.91. The number of benzene rings is 1. The van der Waals surface area contributed by atoms with Gasteiger partial charge in [0.25, 0.3) is 5.89 Å². The maximum absolute atomic E-state index is 13.9. The monoisotopic (exact) mass is 492 g/mol. The van der Waals surface area contributed by atoms with Gasteiger partial charge >= 0.3 is 0 Å². The van der Waals surface area contributed by atoms with Gasteiger partial charge in [0.15, 0.2) is 0 Å². The van der Waals surface area contributed by atoms with Crippen LogP contribution in [0, 0.1) is 31.0 Å². The highest BCUT2D eigenvalue weighted by molar-refractivity contribution is 7.13. The number of anilines is 1. The van der Waals surface area contributed by atoms with Gasteiger partial charge in [0.05, 0.1) is 29.2 Å². The van der Waals surface area contributed by atoms with Gasteiger partial charge in [-0.3, -0.25) is 14.3 Å². The van der Waals surface area contributed by atoms with E-state index in [1.54, 1.807) is 16.7 Å². The highest BCUT2D eigenvalue weighted by Crippen LogP contribution is 2.30. The summed E-state index contributed by atoms with van der Waals surface area (Å²) >= 11 is 1.51. The van der Waals surface area contributed by atoms with Crippen LogP contribution in [0.1, 0.15) is 36.1 Å². The van der Waals surface area contributed by atoms with Gasteiger partial charge in [-0.05, 0) is 62.0 Å². The summed E-state index contributed by atoms with van der Waals surface area (Å²) in [5, 5.41) is 22.8. The van der Waals surface area contributed by atoms with E-state index in [-0.39, 0.29) is 12.5 Å². The number of rotatable bonds is 9. The molecular formula is C25H25FN6O2S. The van der Waals surface area contributed by atoms with Crippen LogP contribution in [0.4, 0.5) is 10.2 Å². The topological polar surface area (TPSA) is 100.0 Å². The highest BCUT2D eigenvalue weighted by atomic mass is 32.1. The van der Waals surface area contributed by atoms with Crippen molar-refractivity contribution in [1.29, 1.82) is 5.26 Å². The van der Waals surface area contributed by atoms with Crippen molar-refractivity contribution >= 4 is 23.1 Å². The number of carbonyl (C=O) groups excluding carboxylic acids is 1. The Morgan fingerprint density at radius 2 is 2.11 bits per heavy atom. The van der Waals surface area contributed by atoms with E-state index in [2.05, 4.69) is 21.6 Å². The maximum Gasteiger partial charge on any atom is 0.257 e. The first-order valence-electron chi connectivity index (χ1n) is 11.2. The predicted molar refractivity (Wildman–Crippen MR) is 132 cm³/mol. The smallest absolute Gasteiger partial charge is 0.257 e. The van der Waals surface area contributed by atoms with Crippen LogP contribution in [0.2, 0.25) is 0 Å². The maximum atomic E-state index is 13.9. The molecular weight excluding hydrogens is 467 g/mol. The van der Waals surface area contributed by atoms with Gasteiger partial charge in [0.2, 0.25) is 11.8 Å². The summed E-state index contributed by atoms with van der Waals surface area (Å²) in [7, 11) is 0. The number of halogens is 1. The molecule has 0 bridgehead atoms. The molecule has 0 saturated carbocycles. The molecule has 1 N–H and O–H groups in total. The number of carbonyl (C=O) groups is 1. The Balaban J connectivity index is 1.54. The summed E-state index contributed by atoms with van der Waals surface area (Å²) in [6.07, 6.45) is 0.820. The molecule has 180 valence electrons. The van der Waals surface area contributed by atoms with Crippen LogP contribution >= 0.6 is 11.3 Å². The zero-order valence-electron chi connectivity index (χ0n) is 19.7. The van der Waals surface area contributed by atoms with Gasteiger partial charge in [-0.25, -0.2) is 4.39 Å². The predicted octanol–water partition coefficient (Wildman–Crippen LogP) is 5.07. The van der Waals surface area contributed by atoms with Crippen LogP contribution in [0.15, 0.2) is 46.2 Å². The first kappa shape index (κ1) is 24.3. The van der Waals surface area contributed by atoms with Gasteiger partial charge in [0, 0.05) is 5.69 Å². The molecule has 8 nitrogen and oxygen atoms in total. The second kappa shape index (κ2) is 10.6. The lowest BCUT2D eigenvalue weighted by atomic mass is 10.2. The molecule has 3 aromatic heterocycles. The van der Waals surface area contributed by atoms with Gasteiger partial charge in [-0.15, -0.1) is 21.5 Å². The molecule has 4 aromatic rings. The molecule has 35 heavy (non-hydrogen) atoms. The second-order valence-electron chi connectivity index (χ2n) is 8.10. The van der Waals surface area contributed by atoms with Gasteiger partial charge < -0.3 is 9.73 Å². The van der Waals surface area contributed by atoms with Crippen molar-refractivity contribution in [2.45, 2.75) is 33.7 Å². The van der Waals surface area contributed by atoms with Crippen LogP contribution in [0.25, 0.3) is 16.5 Å². The zero-order valence-corrected chi connectivity index (χ0v) is 20.5. The first-order valence-corrected chi connectivity index (χ1v) is 12.1. The molecule has 1 aromatic carbocycles. The molecule has 0 aliphatic heterocycles. The molecule has 0 aliphatic rings. The van der Waals surface area contributed by atoms with E-state index in [9.17, 15) is 14.4 Å². The molecule has 10 heteroatoms. The Kier molecular flexibility index (Phi) is 7.39. The molecule has 0 atom stereocenters. The lowest BCUT2D eigenvalue weighted by Crippen LogP contribution is -2.34. The molecule has 1 amide bonds. The SMILES string of the molecule is CCCN(CC(=O)Nc1c(C#N)c(C)c(C)n1-c1cccc(F)c1)Cc1nnc(-c2cccs2)o1. The highest BCUT2D eigenvalue weighted by Gasteiger charge is 2.22. The van der Waals surface area contributed by atoms with Crippen molar-refractivity contribution in [1.82, 2.24) is 19.7 Å². The van der Waals surface area contributed by atoms with Crippen LogP contribution in [0.3, 0.4) is 0 Å². The normalized spacial score (nSPS) is 11.1. The lowest BCUT2D eigenvalue weighted by Gasteiger charge is -2.20. The van der Waals surface area contributed by atoms with E-state index in [0.717, 1.165) is 22.6 Å². The van der Waals surface area contributed by atoms with Crippen molar-refractivity contribution in [3.05, 3.63) is 70.3 Å². The Morgan fingerprint density at radius 1 is 1.29 bits per heavy atom. The van der Waals surface area contributed by atoms with Crippen LogP contribution in [-0.2, 0) is 11.3 Å². The summed E-state index contributed by atoms with van der Waals surface area (Å²) in [6, 6.07) is 12.0. The summed E-state index contributed by atoms with van der Waals surface area (Å²) in [6.45, 7) is 6.67. The van der Waals surface area contributed by atoms with Gasteiger partial charge in [0.1, 0.15) is 17.7 Å². The van der Waals surface area contributed by atoms with Crippen LogP contribution < -0.4 is 5.32 Å². The Bertz CT molecular complexity index is 1370. The number of amides is 1. The minimum Gasteiger partial charge on any atom is -0.419 e. The van der Waals surface area contributed by atoms with E-state index in [0.29, 0.717) is 41.9 Å². The third kappa shape index (κ3) is 5.31. The number of nitrogens with one attached hydrogen (secondary N) is 1. The second-order valence-corrected chi connectivity index (χ2v) is 9.05. The van der Waals surface area contributed by atoms with E-state index in [1.807, 2.05) is 43.2 Å². The van der Waals surface area contributed by atoms with E-state index < -0.39 is 5.82 Å². The third-order valence-electron chi connectivity index (χ3n) is 5.61. The van der Waals surface area contributed by atoms with Gasteiger partial charge in [-0.2, -0.15) is 5.26 Å². The molecule has 3 heterocycles. The minimum atomic E-state index is -0.403. The van der Waals surface area contributed by atoms with Crippen molar-refractivity contribution < 1.29 is 13.6 Å². The number of aromatic nitrogens is 3. The van der Waals surface area contributed by atoms with Gasteiger partial charge in [-0.1, -0.05) is 19.1 Å². The van der Waals surface area contributed by atoms with Crippen LogP contribution in [-0.4, -0.2) is 38.7 Å². The molecule has 0 radical (unpaired) electrons. The quantitative estimate of drug-likeness (QED) is 0.350. The fraction of sp³-hybridized carbons (Fsp3) is 0.280. The first-order chi connectivity index (χ1) is 16.9. The largest absolute Gasteiger partial charge is 0.419 e. The number of hydrogen-bond donors (Lipinski definition) is 1. The molecule has 0 spiro atoms. The molecule has 4 rings (SSSR count). The molecule has 0 aliphatic carbocycles. The average Bonchev–Trinajstić information content (AvgIpc) is 3.55. The number of nitrogens with zero attached hydrogens (tertiary/aromatic N) is 5. The Labute approximate surface area is 206 Å². The Hall–Kier alpha value is -3.81. The molecule has 0 fully saturated rings. The number of hydrogen-bond acceptors (Lipinski definition) is 7. The summed E-state index contributed by atoms with van der Waals surface area (Å²) in [5.74, 6) is 0.491. The standard InChI is InChI=1S/C25H25FN6O2S/c1-4-10-31(15-23-29-30-25(34-23)21-9-6-11-35-21)14-22(33)28-24-20(13-27)16(2)17(3)32(24)19-8-5-7-18(26)12-19/h5-9,11-12H,4,10,14-15H2,1-3H3,(H,28,33).